The molecule has 0 amide bonds. The lowest BCUT2D eigenvalue weighted by molar-refractivity contribution is 0.309. The lowest BCUT2D eigenvalue weighted by Crippen LogP contribution is -2.30. The Balaban J connectivity index is 1.81. The highest BCUT2D eigenvalue weighted by molar-refractivity contribution is 5.69. The van der Waals surface area contributed by atoms with Crippen LogP contribution in [-0.2, 0) is 0 Å². The van der Waals surface area contributed by atoms with Crippen LogP contribution in [0.1, 0.15) is 32.1 Å². The van der Waals surface area contributed by atoms with E-state index in [9.17, 15) is 0 Å². The summed E-state index contributed by atoms with van der Waals surface area (Å²) >= 11 is 0. The molecule has 2 N–H and O–H groups in total. The maximum atomic E-state index is 6.02. The zero-order valence-electron chi connectivity index (χ0n) is 11.7. The molecule has 3 aliphatic heterocycles. The molecule has 6 heteroatoms. The number of anilines is 3. The van der Waals surface area contributed by atoms with Crippen LogP contribution in [0.5, 0.6) is 5.75 Å². The van der Waals surface area contributed by atoms with E-state index in [0.29, 0.717) is 12.0 Å². The minimum absolute atomic E-state index is 0.363. The van der Waals surface area contributed by atoms with Crippen LogP contribution in [-0.4, -0.2) is 42.3 Å². The van der Waals surface area contributed by atoms with Crippen molar-refractivity contribution in [3.8, 4) is 5.75 Å². The molecule has 20 heavy (non-hydrogen) atoms. The maximum absolute atomic E-state index is 6.02. The molecule has 4 heterocycles. The monoisotopic (exact) mass is 275 g/mol. The van der Waals surface area contributed by atoms with Gasteiger partial charge in [0.2, 0.25) is 11.7 Å². The van der Waals surface area contributed by atoms with Crippen LogP contribution in [0.2, 0.25) is 0 Å². The average Bonchev–Trinajstić information content (AvgIpc) is 3.08. The van der Waals surface area contributed by atoms with E-state index in [-0.39, 0.29) is 0 Å². The Morgan fingerprint density at radius 2 is 1.80 bits per heavy atom. The minimum Gasteiger partial charge on any atom is -0.486 e. The minimum atomic E-state index is 0.363. The lowest BCUT2D eigenvalue weighted by atomic mass is 10.1. The van der Waals surface area contributed by atoms with Crippen molar-refractivity contribution >= 4 is 17.6 Å². The number of nitrogens with two attached hydrogens (primary N) is 1. The summed E-state index contributed by atoms with van der Waals surface area (Å²) in [6, 6.07) is 0.553. The van der Waals surface area contributed by atoms with E-state index in [2.05, 4.69) is 19.8 Å². The number of rotatable bonds is 1. The molecule has 0 radical (unpaired) electrons. The van der Waals surface area contributed by atoms with Crippen molar-refractivity contribution in [2.75, 3.05) is 41.8 Å². The summed E-state index contributed by atoms with van der Waals surface area (Å²) in [5.41, 5.74) is 5.95. The topological polar surface area (TPSA) is 67.5 Å². The lowest BCUT2D eigenvalue weighted by Gasteiger charge is -2.26. The highest BCUT2D eigenvalue weighted by Gasteiger charge is 2.34. The molecule has 2 saturated heterocycles. The van der Waals surface area contributed by atoms with Crippen LogP contribution in [0.15, 0.2) is 0 Å². The van der Waals surface area contributed by atoms with Gasteiger partial charge in [-0.1, -0.05) is 0 Å². The van der Waals surface area contributed by atoms with E-state index in [1.54, 1.807) is 0 Å². The number of ether oxygens (including phenoxy) is 1. The van der Waals surface area contributed by atoms with Gasteiger partial charge in [-0.25, -0.2) is 0 Å². The summed E-state index contributed by atoms with van der Waals surface area (Å²) in [7, 11) is 0. The summed E-state index contributed by atoms with van der Waals surface area (Å²) in [4.78, 5) is 13.6. The SMILES string of the molecule is Nc1nc(N2CCCC2)c2c(n1)N1CCCC1CCO2. The van der Waals surface area contributed by atoms with Gasteiger partial charge in [0.05, 0.1) is 6.61 Å². The first-order valence-corrected chi connectivity index (χ1v) is 7.65. The normalized spacial score (nSPS) is 25.1. The van der Waals surface area contributed by atoms with E-state index in [1.807, 2.05) is 0 Å². The molecule has 0 aromatic carbocycles. The second kappa shape index (κ2) is 4.68. The molecular formula is C14H21N5O. The highest BCUT2D eigenvalue weighted by Crippen LogP contribution is 2.42. The predicted octanol–water partition coefficient (Wildman–Crippen LogP) is 1.41. The molecule has 0 bridgehead atoms. The quantitative estimate of drug-likeness (QED) is 0.836. The van der Waals surface area contributed by atoms with E-state index < -0.39 is 0 Å². The smallest absolute Gasteiger partial charge is 0.224 e. The van der Waals surface area contributed by atoms with E-state index in [0.717, 1.165) is 50.0 Å². The van der Waals surface area contributed by atoms with Gasteiger partial charge in [-0.15, -0.1) is 0 Å². The fourth-order valence-electron chi connectivity index (χ4n) is 3.62. The standard InChI is InChI=1S/C14H21N5O/c15-14-16-12(18-6-1-2-7-18)11-13(17-14)19-8-3-4-10(19)5-9-20-11/h10H,1-9H2,(H2,15,16,17). The van der Waals surface area contributed by atoms with Gasteiger partial charge in [-0.3, -0.25) is 0 Å². The molecule has 1 unspecified atom stereocenters. The molecule has 6 nitrogen and oxygen atoms in total. The van der Waals surface area contributed by atoms with Crippen LogP contribution in [0, 0.1) is 0 Å². The number of aromatic nitrogens is 2. The van der Waals surface area contributed by atoms with Crippen molar-refractivity contribution in [3.05, 3.63) is 0 Å². The zero-order chi connectivity index (χ0) is 13.5. The Hall–Kier alpha value is -1.72. The third-order valence-electron chi connectivity index (χ3n) is 4.60. The van der Waals surface area contributed by atoms with Gasteiger partial charge in [0.25, 0.3) is 0 Å². The van der Waals surface area contributed by atoms with Gasteiger partial charge < -0.3 is 20.3 Å². The van der Waals surface area contributed by atoms with Crippen molar-refractivity contribution in [1.82, 2.24) is 9.97 Å². The Morgan fingerprint density at radius 1 is 1.00 bits per heavy atom. The van der Waals surface area contributed by atoms with Crippen LogP contribution in [0.3, 0.4) is 0 Å². The number of nitrogens with zero attached hydrogens (tertiary/aromatic N) is 4. The molecule has 1 atom stereocenters. The third-order valence-corrected chi connectivity index (χ3v) is 4.60. The molecule has 0 spiro atoms. The van der Waals surface area contributed by atoms with Crippen LogP contribution < -0.4 is 20.3 Å². The number of hydrogen-bond acceptors (Lipinski definition) is 6. The number of hydrogen-bond donors (Lipinski definition) is 1. The molecule has 1 aromatic heterocycles. The number of fused-ring (bicyclic) bond motifs is 3. The van der Waals surface area contributed by atoms with Gasteiger partial charge in [-0.2, -0.15) is 9.97 Å². The Morgan fingerprint density at radius 3 is 2.65 bits per heavy atom. The first-order valence-electron chi connectivity index (χ1n) is 7.65. The summed E-state index contributed by atoms with van der Waals surface area (Å²) in [6.45, 7) is 3.88. The largest absolute Gasteiger partial charge is 0.486 e. The summed E-state index contributed by atoms with van der Waals surface area (Å²) < 4.78 is 6.02. The Kier molecular flexibility index (Phi) is 2.82. The van der Waals surface area contributed by atoms with Crippen LogP contribution >= 0.6 is 0 Å². The van der Waals surface area contributed by atoms with Gasteiger partial charge >= 0.3 is 0 Å². The Bertz CT molecular complexity index is 515. The molecule has 3 aliphatic rings. The Labute approximate surface area is 118 Å². The molecule has 1 aromatic rings. The molecule has 108 valence electrons. The van der Waals surface area contributed by atoms with Crippen molar-refractivity contribution in [2.24, 2.45) is 0 Å². The maximum Gasteiger partial charge on any atom is 0.224 e. The summed E-state index contributed by atoms with van der Waals surface area (Å²) in [6.07, 6.45) is 5.95. The molecule has 4 rings (SSSR count). The van der Waals surface area contributed by atoms with Crippen molar-refractivity contribution in [1.29, 1.82) is 0 Å². The first kappa shape index (κ1) is 12.1. The third kappa shape index (κ3) is 1.85. The van der Waals surface area contributed by atoms with Gasteiger partial charge in [0, 0.05) is 32.1 Å². The van der Waals surface area contributed by atoms with E-state index >= 15 is 0 Å². The van der Waals surface area contributed by atoms with Crippen molar-refractivity contribution in [2.45, 2.75) is 38.1 Å². The fourth-order valence-corrected chi connectivity index (χ4v) is 3.62. The van der Waals surface area contributed by atoms with Crippen LogP contribution in [0.25, 0.3) is 0 Å². The van der Waals surface area contributed by atoms with Gasteiger partial charge in [0.15, 0.2) is 11.6 Å². The summed E-state index contributed by atoms with van der Waals surface area (Å²) in [5, 5.41) is 0. The van der Waals surface area contributed by atoms with Gasteiger partial charge in [-0.05, 0) is 25.7 Å². The van der Waals surface area contributed by atoms with Crippen LogP contribution in [0.4, 0.5) is 17.6 Å². The van der Waals surface area contributed by atoms with Crippen molar-refractivity contribution < 1.29 is 4.74 Å². The second-order valence-electron chi connectivity index (χ2n) is 5.88. The van der Waals surface area contributed by atoms with Crippen molar-refractivity contribution in [3.63, 3.8) is 0 Å². The molecule has 0 saturated carbocycles. The zero-order valence-corrected chi connectivity index (χ0v) is 11.7. The fraction of sp³-hybridized carbons (Fsp3) is 0.714. The predicted molar refractivity (Wildman–Crippen MR) is 78.4 cm³/mol. The van der Waals surface area contributed by atoms with E-state index in [4.69, 9.17) is 10.5 Å². The average molecular weight is 275 g/mol. The van der Waals surface area contributed by atoms with Gasteiger partial charge in [0.1, 0.15) is 0 Å². The molecule has 0 aliphatic carbocycles. The molecular weight excluding hydrogens is 254 g/mol. The molecule has 2 fully saturated rings. The number of nitrogen functional groups attached to an aromatic ring is 1. The van der Waals surface area contributed by atoms with E-state index in [1.165, 1.54) is 25.7 Å². The first-order chi connectivity index (χ1) is 9.83. The second-order valence-corrected chi connectivity index (χ2v) is 5.88. The summed E-state index contributed by atoms with van der Waals surface area (Å²) in [5.74, 6) is 3.03. The highest BCUT2D eigenvalue weighted by atomic mass is 16.5.